The van der Waals surface area contributed by atoms with Crippen molar-refractivity contribution in [3.63, 3.8) is 0 Å². The quantitative estimate of drug-likeness (QED) is 0.818. The number of ether oxygens (including phenoxy) is 2. The molecule has 0 saturated heterocycles. The molecule has 130 valence electrons. The van der Waals surface area contributed by atoms with E-state index in [9.17, 15) is 9.90 Å². The lowest BCUT2D eigenvalue weighted by molar-refractivity contribution is -0.872. The number of allylic oxidation sites excluding steroid dienone is 1. The maximum atomic E-state index is 12.6. The van der Waals surface area contributed by atoms with Crippen molar-refractivity contribution in [1.82, 2.24) is 0 Å². The maximum absolute atomic E-state index is 12.6. The molecule has 0 fully saturated rings. The van der Waals surface area contributed by atoms with Crippen molar-refractivity contribution in [2.24, 2.45) is 0 Å². The van der Waals surface area contributed by atoms with E-state index in [1.54, 1.807) is 18.2 Å². The Morgan fingerprint density at radius 2 is 1.88 bits per heavy atom. The number of fused-ring (bicyclic) bond motifs is 1. The summed E-state index contributed by atoms with van der Waals surface area (Å²) in [5.74, 6) is 1.49. The van der Waals surface area contributed by atoms with E-state index < -0.39 is 0 Å². The maximum Gasteiger partial charge on any atom is 0.231 e. The number of ketones is 1. The van der Waals surface area contributed by atoms with E-state index in [4.69, 9.17) is 9.47 Å². The third-order valence-corrected chi connectivity index (χ3v) is 3.94. The van der Waals surface area contributed by atoms with Gasteiger partial charge in [0.2, 0.25) is 5.78 Å². The molecule has 5 heteroatoms. The van der Waals surface area contributed by atoms with Crippen LogP contribution in [0.15, 0.2) is 42.2 Å². The Balaban J connectivity index is 1.91. The van der Waals surface area contributed by atoms with Gasteiger partial charge < -0.3 is 19.5 Å². The number of carbonyl (C=O) groups is 1. The van der Waals surface area contributed by atoms with Crippen LogP contribution in [0, 0.1) is 0 Å². The Hall–Kier alpha value is -2.79. The molecule has 1 aliphatic heterocycles. The van der Waals surface area contributed by atoms with E-state index >= 15 is 0 Å². The second-order valence-electron chi connectivity index (χ2n) is 6.27. The second-order valence-corrected chi connectivity index (χ2v) is 6.27. The van der Waals surface area contributed by atoms with Gasteiger partial charge >= 0.3 is 0 Å². The predicted molar refractivity (Wildman–Crippen MR) is 95.2 cm³/mol. The number of carbonyl (C=O) groups excluding carboxylic acids is 1. The highest BCUT2D eigenvalue weighted by atomic mass is 16.5. The first kappa shape index (κ1) is 17.0. The molecule has 2 N–H and O–H groups in total. The normalized spacial score (nSPS) is 14.7. The number of aromatic hydroxyl groups is 1. The zero-order valence-corrected chi connectivity index (χ0v) is 14.6. The van der Waals surface area contributed by atoms with Gasteiger partial charge in [-0.15, -0.1) is 0 Å². The summed E-state index contributed by atoms with van der Waals surface area (Å²) in [5, 5.41) is 10.1. The molecule has 2 aromatic carbocycles. The van der Waals surface area contributed by atoms with Crippen LogP contribution in [0.5, 0.6) is 17.2 Å². The fraction of sp³-hybridized carbons (Fsp3) is 0.250. The number of rotatable bonds is 5. The smallest absolute Gasteiger partial charge is 0.231 e. The first-order chi connectivity index (χ1) is 12.0. The molecule has 0 unspecified atom stereocenters. The summed E-state index contributed by atoms with van der Waals surface area (Å²) in [4.78, 5) is 13.7. The predicted octanol–water partition coefficient (Wildman–Crippen LogP) is 2.05. The summed E-state index contributed by atoms with van der Waals surface area (Å²) >= 11 is 0. The van der Waals surface area contributed by atoms with E-state index in [-0.39, 0.29) is 17.3 Å². The summed E-state index contributed by atoms with van der Waals surface area (Å²) in [6, 6.07) is 10.6. The molecule has 1 aliphatic rings. The van der Waals surface area contributed by atoms with Crippen LogP contribution in [0.2, 0.25) is 0 Å². The van der Waals surface area contributed by atoms with Gasteiger partial charge in [0.1, 0.15) is 18.0 Å². The molecule has 0 bridgehead atoms. The van der Waals surface area contributed by atoms with E-state index in [2.05, 4.69) is 0 Å². The number of nitrogens with one attached hydrogen (secondary N) is 1. The molecule has 0 aromatic heterocycles. The van der Waals surface area contributed by atoms with Gasteiger partial charge in [-0.2, -0.15) is 0 Å². The zero-order valence-electron chi connectivity index (χ0n) is 14.6. The number of hydrogen-bond acceptors (Lipinski definition) is 4. The van der Waals surface area contributed by atoms with Crippen molar-refractivity contribution in [3.8, 4) is 17.2 Å². The van der Waals surface area contributed by atoms with Crippen LogP contribution in [0.4, 0.5) is 0 Å². The van der Waals surface area contributed by atoms with Crippen LogP contribution >= 0.6 is 0 Å². The molecule has 5 nitrogen and oxygen atoms in total. The Bertz CT molecular complexity index is 822. The Kier molecular flexibility index (Phi) is 4.76. The van der Waals surface area contributed by atoms with Crippen LogP contribution in [0.3, 0.4) is 0 Å². The average molecular weight is 340 g/mol. The summed E-state index contributed by atoms with van der Waals surface area (Å²) in [6.07, 6.45) is 1.71. The number of phenolic OH excluding ortho intramolecular Hbond substituents is 1. The van der Waals surface area contributed by atoms with Crippen molar-refractivity contribution >= 4 is 11.9 Å². The minimum absolute atomic E-state index is 0.148. The lowest BCUT2D eigenvalue weighted by atomic mass is 10.0. The van der Waals surface area contributed by atoms with Crippen LogP contribution in [-0.4, -0.2) is 31.6 Å². The van der Waals surface area contributed by atoms with Gasteiger partial charge in [0, 0.05) is 0 Å². The van der Waals surface area contributed by atoms with Crippen molar-refractivity contribution in [2.75, 3.05) is 20.7 Å². The van der Waals surface area contributed by atoms with E-state index in [1.165, 1.54) is 0 Å². The number of quaternary nitrogens is 1. The molecular weight excluding hydrogens is 318 g/mol. The topological polar surface area (TPSA) is 60.2 Å². The Morgan fingerprint density at radius 3 is 2.52 bits per heavy atom. The van der Waals surface area contributed by atoms with Gasteiger partial charge in [0.25, 0.3) is 0 Å². The van der Waals surface area contributed by atoms with E-state index in [1.807, 2.05) is 45.3 Å². The largest absolute Gasteiger partial charge is 0.507 e. The second kappa shape index (κ2) is 6.99. The van der Waals surface area contributed by atoms with E-state index in [0.717, 1.165) is 16.2 Å². The minimum Gasteiger partial charge on any atom is -0.507 e. The van der Waals surface area contributed by atoms with Crippen molar-refractivity contribution in [3.05, 3.63) is 58.8 Å². The van der Waals surface area contributed by atoms with Crippen LogP contribution in [0.25, 0.3) is 6.08 Å². The fourth-order valence-corrected chi connectivity index (χ4v) is 2.80. The minimum atomic E-state index is -0.168. The lowest BCUT2D eigenvalue weighted by Crippen LogP contribution is -3.04. The first-order valence-electron chi connectivity index (χ1n) is 8.30. The summed E-state index contributed by atoms with van der Waals surface area (Å²) in [7, 11) is 3.96. The molecule has 25 heavy (non-hydrogen) atoms. The molecule has 0 atom stereocenters. The van der Waals surface area contributed by atoms with Crippen molar-refractivity contribution in [2.45, 2.75) is 13.5 Å². The summed E-state index contributed by atoms with van der Waals surface area (Å²) in [5.41, 5.74) is 2.00. The van der Waals surface area contributed by atoms with Crippen molar-refractivity contribution in [1.29, 1.82) is 0 Å². The fourth-order valence-electron chi connectivity index (χ4n) is 2.80. The van der Waals surface area contributed by atoms with Gasteiger partial charge in [0.05, 0.1) is 31.8 Å². The molecule has 3 rings (SSSR count). The van der Waals surface area contributed by atoms with Crippen molar-refractivity contribution < 1.29 is 24.3 Å². The molecule has 2 aromatic rings. The number of phenols is 1. The molecule has 0 spiro atoms. The van der Waals surface area contributed by atoms with Crippen LogP contribution in [-0.2, 0) is 6.54 Å². The Morgan fingerprint density at radius 1 is 1.16 bits per heavy atom. The highest BCUT2D eigenvalue weighted by Gasteiger charge is 2.31. The first-order valence-corrected chi connectivity index (χ1v) is 8.30. The molecular formula is C20H22NO4+. The SMILES string of the molecule is CCOc1ccc(/C=C2\Oc3c(ccc(O)c3C[NH+](C)C)C2=O)cc1. The molecule has 1 heterocycles. The van der Waals surface area contributed by atoms with Gasteiger partial charge in [-0.3, -0.25) is 4.79 Å². The molecule has 0 saturated carbocycles. The van der Waals surface area contributed by atoms with Gasteiger partial charge in [-0.1, -0.05) is 12.1 Å². The molecule has 0 amide bonds. The third kappa shape index (κ3) is 3.51. The number of Topliss-reactive ketones (excluding diaryl/α,β-unsaturated/α-hetero) is 1. The number of hydrogen-bond donors (Lipinski definition) is 2. The molecule has 0 aliphatic carbocycles. The zero-order chi connectivity index (χ0) is 18.0. The molecule has 0 radical (unpaired) electrons. The third-order valence-electron chi connectivity index (χ3n) is 3.94. The van der Waals surface area contributed by atoms with Gasteiger partial charge in [-0.05, 0) is 42.8 Å². The lowest BCUT2D eigenvalue weighted by Gasteiger charge is -2.12. The van der Waals surface area contributed by atoms with Crippen LogP contribution in [0.1, 0.15) is 28.4 Å². The standard InChI is InChI=1S/C20H21NO4/c1-4-24-14-7-5-13(6-8-14)11-18-19(23)15-9-10-17(22)16(12-21(2)3)20(15)25-18/h5-11,22H,4,12H2,1-3H3/p+1/b18-11-. The van der Waals surface area contributed by atoms with Gasteiger partial charge in [0.15, 0.2) is 11.5 Å². The van der Waals surface area contributed by atoms with Gasteiger partial charge in [-0.25, -0.2) is 0 Å². The summed E-state index contributed by atoms with van der Waals surface area (Å²) in [6.45, 7) is 3.11. The Labute approximate surface area is 147 Å². The van der Waals surface area contributed by atoms with E-state index in [0.29, 0.717) is 30.0 Å². The summed E-state index contributed by atoms with van der Waals surface area (Å²) < 4.78 is 11.2. The van der Waals surface area contributed by atoms with Crippen LogP contribution < -0.4 is 14.4 Å². The monoisotopic (exact) mass is 340 g/mol. The average Bonchev–Trinajstić information content (AvgIpc) is 2.88. The highest BCUT2D eigenvalue weighted by molar-refractivity contribution is 6.14. The highest BCUT2D eigenvalue weighted by Crippen LogP contribution is 2.39. The number of benzene rings is 2.